The molecule has 0 aromatic heterocycles. The van der Waals surface area contributed by atoms with Crippen LogP contribution in [0.1, 0.15) is 73.6 Å². The maximum absolute atomic E-state index is 3.99. The zero-order valence-electron chi connectivity index (χ0n) is 17.6. The van der Waals surface area contributed by atoms with Crippen LogP contribution in [0.15, 0.2) is 0 Å². The molecule has 0 aromatic rings. The molecule has 0 aliphatic heterocycles. The summed E-state index contributed by atoms with van der Waals surface area (Å²) in [6.45, 7) is 18.5. The Bertz CT molecular complexity index is 510. The summed E-state index contributed by atoms with van der Waals surface area (Å²) in [5.74, 6) is 5.65. The first-order chi connectivity index (χ1) is 11.6. The van der Waals surface area contributed by atoms with Crippen LogP contribution in [0.5, 0.6) is 0 Å². The minimum atomic E-state index is 0.454. The Hall–Kier alpha value is -0.0800. The van der Waals surface area contributed by atoms with Gasteiger partial charge >= 0.3 is 0 Å². The lowest BCUT2D eigenvalue weighted by atomic mass is 9.43. The number of hydrogen-bond acceptors (Lipinski definition) is 2. The second kappa shape index (κ2) is 5.96. The van der Waals surface area contributed by atoms with Gasteiger partial charge in [-0.3, -0.25) is 0 Å². The number of fused-ring (bicyclic) bond motifs is 4. The van der Waals surface area contributed by atoms with Gasteiger partial charge in [-0.05, 0) is 85.0 Å². The first-order valence-electron chi connectivity index (χ1n) is 11.1. The lowest BCUT2D eigenvalue weighted by Gasteiger charge is -2.63. The Morgan fingerprint density at radius 1 is 0.960 bits per heavy atom. The predicted octanol–water partition coefficient (Wildman–Crippen LogP) is 4.70. The van der Waals surface area contributed by atoms with Crippen LogP contribution in [-0.2, 0) is 0 Å². The lowest BCUT2D eigenvalue weighted by Crippen LogP contribution is -2.68. The maximum atomic E-state index is 3.99. The highest BCUT2D eigenvalue weighted by molar-refractivity contribution is 5.13. The smallest absolute Gasteiger partial charge is 0.0218 e. The van der Waals surface area contributed by atoms with Crippen molar-refractivity contribution in [1.82, 2.24) is 10.6 Å². The van der Waals surface area contributed by atoms with Gasteiger partial charge in [0.1, 0.15) is 0 Å². The molecule has 1 unspecified atom stereocenters. The van der Waals surface area contributed by atoms with Gasteiger partial charge in [-0.2, -0.15) is 0 Å². The van der Waals surface area contributed by atoms with Crippen molar-refractivity contribution < 1.29 is 0 Å². The minimum Gasteiger partial charge on any atom is -0.315 e. The van der Waals surface area contributed by atoms with Gasteiger partial charge in [0.05, 0.1) is 0 Å². The molecule has 4 bridgehead atoms. The number of hydrogen-bond donors (Lipinski definition) is 2. The number of rotatable bonds is 6. The average molecular weight is 347 g/mol. The standard InChI is InChI=1S/C23H42N2/c1-15-9-18-10-20(22(18,5)6)19(15)13-24-7-8-25-23-12-17(16(23)2)11-21(3,4)14-23/h15-20,24-25H,7-14H2,1-6H3/t15-,16+,17?,18-,19+,20-,23-/m0/s1. The molecule has 0 saturated heterocycles. The topological polar surface area (TPSA) is 24.1 Å². The fourth-order valence-corrected chi connectivity index (χ4v) is 7.75. The van der Waals surface area contributed by atoms with Crippen LogP contribution in [-0.4, -0.2) is 25.2 Å². The summed E-state index contributed by atoms with van der Waals surface area (Å²) in [6, 6.07) is 0. The van der Waals surface area contributed by atoms with E-state index in [1.54, 1.807) is 0 Å². The van der Waals surface area contributed by atoms with Crippen LogP contribution in [0.3, 0.4) is 0 Å². The van der Waals surface area contributed by atoms with Crippen molar-refractivity contribution in [3.05, 3.63) is 0 Å². The normalized spacial score (nSPS) is 49.2. The van der Waals surface area contributed by atoms with Gasteiger partial charge in [-0.25, -0.2) is 0 Å². The van der Waals surface area contributed by atoms with E-state index >= 15 is 0 Å². The van der Waals surface area contributed by atoms with E-state index in [-0.39, 0.29) is 0 Å². The van der Waals surface area contributed by atoms with E-state index in [1.165, 1.54) is 38.6 Å². The van der Waals surface area contributed by atoms with Gasteiger partial charge in [0.15, 0.2) is 0 Å². The summed E-state index contributed by atoms with van der Waals surface area (Å²) < 4.78 is 0. The van der Waals surface area contributed by atoms with Crippen molar-refractivity contribution in [2.75, 3.05) is 19.6 Å². The summed E-state index contributed by atoms with van der Waals surface area (Å²) >= 11 is 0. The van der Waals surface area contributed by atoms with Crippen LogP contribution < -0.4 is 10.6 Å². The van der Waals surface area contributed by atoms with Crippen LogP contribution >= 0.6 is 0 Å². The molecule has 0 spiro atoms. The van der Waals surface area contributed by atoms with E-state index in [4.69, 9.17) is 0 Å². The molecule has 0 radical (unpaired) electrons. The zero-order valence-corrected chi connectivity index (χ0v) is 17.6. The fraction of sp³-hybridized carbons (Fsp3) is 1.00. The van der Waals surface area contributed by atoms with Crippen LogP contribution in [0.2, 0.25) is 0 Å². The van der Waals surface area contributed by atoms with E-state index in [0.29, 0.717) is 16.4 Å². The third kappa shape index (κ3) is 2.90. The third-order valence-corrected chi connectivity index (χ3v) is 9.42. The first-order valence-corrected chi connectivity index (χ1v) is 11.1. The van der Waals surface area contributed by atoms with Gasteiger partial charge in [0.25, 0.3) is 0 Å². The molecule has 0 heterocycles. The van der Waals surface area contributed by atoms with Crippen LogP contribution in [0, 0.1) is 46.3 Å². The predicted molar refractivity (Wildman–Crippen MR) is 107 cm³/mol. The molecule has 25 heavy (non-hydrogen) atoms. The lowest BCUT2D eigenvalue weighted by molar-refractivity contribution is -0.129. The highest BCUT2D eigenvalue weighted by atomic mass is 15.1. The Morgan fingerprint density at radius 3 is 2.40 bits per heavy atom. The molecule has 2 nitrogen and oxygen atoms in total. The second-order valence-corrected chi connectivity index (χ2v) is 11.8. The van der Waals surface area contributed by atoms with E-state index in [9.17, 15) is 0 Å². The monoisotopic (exact) mass is 346 g/mol. The molecule has 2 N–H and O–H groups in total. The van der Waals surface area contributed by atoms with Gasteiger partial charge < -0.3 is 10.6 Å². The summed E-state index contributed by atoms with van der Waals surface area (Å²) in [6.07, 6.45) is 7.20. The molecular weight excluding hydrogens is 304 g/mol. The maximum Gasteiger partial charge on any atom is 0.0218 e. The Labute approximate surface area is 156 Å². The van der Waals surface area contributed by atoms with Crippen molar-refractivity contribution in [3.63, 3.8) is 0 Å². The van der Waals surface area contributed by atoms with Crippen molar-refractivity contribution in [1.29, 1.82) is 0 Å². The van der Waals surface area contributed by atoms with E-state index in [0.717, 1.165) is 48.6 Å². The highest BCUT2D eigenvalue weighted by Gasteiger charge is 2.58. The largest absolute Gasteiger partial charge is 0.315 e. The average Bonchev–Trinajstić information content (AvgIpc) is 2.53. The first kappa shape index (κ1) is 18.3. The van der Waals surface area contributed by atoms with Crippen molar-refractivity contribution >= 4 is 0 Å². The Balaban J connectivity index is 1.22. The summed E-state index contributed by atoms with van der Waals surface area (Å²) in [4.78, 5) is 0. The molecule has 0 amide bonds. The zero-order chi connectivity index (χ0) is 18.0. The van der Waals surface area contributed by atoms with Crippen molar-refractivity contribution in [2.24, 2.45) is 46.3 Å². The van der Waals surface area contributed by atoms with E-state index in [1.807, 2.05) is 0 Å². The summed E-state index contributed by atoms with van der Waals surface area (Å²) in [5, 5.41) is 7.82. The molecule has 7 atom stereocenters. The Kier molecular flexibility index (Phi) is 4.36. The van der Waals surface area contributed by atoms with E-state index in [2.05, 4.69) is 52.2 Å². The molecule has 6 aliphatic rings. The fourth-order valence-electron chi connectivity index (χ4n) is 7.75. The quantitative estimate of drug-likeness (QED) is 0.681. The summed E-state index contributed by atoms with van der Waals surface area (Å²) in [7, 11) is 0. The van der Waals surface area contributed by atoms with Crippen molar-refractivity contribution in [2.45, 2.75) is 79.2 Å². The van der Waals surface area contributed by atoms with Gasteiger partial charge in [-0.15, -0.1) is 0 Å². The minimum absolute atomic E-state index is 0.454. The van der Waals surface area contributed by atoms with Crippen molar-refractivity contribution in [3.8, 4) is 0 Å². The van der Waals surface area contributed by atoms with E-state index < -0.39 is 0 Å². The molecule has 0 aromatic carbocycles. The highest BCUT2D eigenvalue weighted by Crippen LogP contribution is 2.63. The number of nitrogens with one attached hydrogen (secondary N) is 2. The second-order valence-electron chi connectivity index (χ2n) is 11.8. The van der Waals surface area contributed by atoms with Gasteiger partial charge in [-0.1, -0.05) is 41.5 Å². The Morgan fingerprint density at radius 2 is 1.72 bits per heavy atom. The molecule has 2 heteroatoms. The van der Waals surface area contributed by atoms with Gasteiger partial charge in [0.2, 0.25) is 0 Å². The molecular formula is C23H42N2. The summed E-state index contributed by atoms with van der Waals surface area (Å²) in [5.41, 5.74) is 1.61. The SMILES string of the molecule is C[C@@H]1C2CC(C)(C)C[C@@]1(NCCNC[C@@H]1[C@@H](C)C[C@H]3C[C@@H]1C3(C)C)C2. The molecule has 6 saturated carbocycles. The molecule has 6 aliphatic carbocycles. The van der Waals surface area contributed by atoms with Gasteiger partial charge in [0, 0.05) is 18.6 Å². The molecule has 6 fully saturated rings. The van der Waals surface area contributed by atoms with Crippen LogP contribution in [0.25, 0.3) is 0 Å². The molecule has 6 rings (SSSR count). The molecule has 144 valence electrons. The van der Waals surface area contributed by atoms with Crippen LogP contribution in [0.4, 0.5) is 0 Å². The third-order valence-electron chi connectivity index (χ3n) is 9.42.